The molecule has 8 nitrogen and oxygen atoms in total. The van der Waals surface area contributed by atoms with Crippen LogP contribution in [0.3, 0.4) is 0 Å². The molecule has 1 fully saturated rings. The van der Waals surface area contributed by atoms with Gasteiger partial charge in [0.15, 0.2) is 0 Å². The molecule has 2 amide bonds. The molecule has 0 N–H and O–H groups in total. The number of fused-ring (bicyclic) bond motifs is 1. The molecule has 5 rings (SSSR count). The van der Waals surface area contributed by atoms with E-state index >= 15 is 0 Å². The van der Waals surface area contributed by atoms with Crippen molar-refractivity contribution in [3.63, 3.8) is 0 Å². The Morgan fingerprint density at radius 3 is 2.33 bits per heavy atom. The Labute approximate surface area is 225 Å². The maximum Gasteiger partial charge on any atom is 0.270 e. The van der Waals surface area contributed by atoms with Gasteiger partial charge in [0.2, 0.25) is 11.8 Å². The highest BCUT2D eigenvalue weighted by Crippen LogP contribution is 2.37. The predicted molar refractivity (Wildman–Crippen MR) is 146 cm³/mol. The van der Waals surface area contributed by atoms with E-state index in [9.17, 15) is 24.1 Å². The molecule has 1 atom stereocenters. The fraction of sp³-hybridized carbons (Fsp3) is 0.267. The van der Waals surface area contributed by atoms with Crippen molar-refractivity contribution in [2.75, 3.05) is 26.2 Å². The standard InChI is InChI=1S/C30H29FN4O4/c1-21(36)32-12-14-33(15-13-32)30(37)18-26(23-8-5-9-24(31)16-23)28-20-34(19-22-6-3-2-4-7-22)29-11-10-25(35(38)39)17-27(28)29/h2-11,16-17,20,26H,12-15,18-19H2,1H3. The molecule has 0 saturated carbocycles. The first-order chi connectivity index (χ1) is 18.8. The van der Waals surface area contributed by atoms with Gasteiger partial charge in [-0.2, -0.15) is 0 Å². The third-order valence-corrected chi connectivity index (χ3v) is 7.38. The Morgan fingerprint density at radius 2 is 1.67 bits per heavy atom. The van der Waals surface area contributed by atoms with Crippen LogP contribution in [0.5, 0.6) is 0 Å². The van der Waals surface area contributed by atoms with Gasteiger partial charge in [0.1, 0.15) is 5.82 Å². The van der Waals surface area contributed by atoms with Crippen LogP contribution in [0.1, 0.15) is 36.0 Å². The zero-order valence-corrected chi connectivity index (χ0v) is 21.6. The van der Waals surface area contributed by atoms with Crippen molar-refractivity contribution in [1.82, 2.24) is 14.4 Å². The number of hydrogen-bond acceptors (Lipinski definition) is 4. The Balaban J connectivity index is 1.57. The van der Waals surface area contributed by atoms with E-state index in [2.05, 4.69) is 0 Å². The van der Waals surface area contributed by atoms with Crippen molar-refractivity contribution in [1.29, 1.82) is 0 Å². The molecule has 39 heavy (non-hydrogen) atoms. The van der Waals surface area contributed by atoms with Gasteiger partial charge in [0.05, 0.1) is 4.92 Å². The van der Waals surface area contributed by atoms with Crippen LogP contribution in [-0.4, -0.2) is 57.3 Å². The van der Waals surface area contributed by atoms with Crippen LogP contribution in [-0.2, 0) is 16.1 Å². The summed E-state index contributed by atoms with van der Waals surface area (Å²) in [5.41, 5.74) is 3.15. The van der Waals surface area contributed by atoms with Crippen LogP contribution in [0, 0.1) is 15.9 Å². The number of nitrogens with zero attached hydrogens (tertiary/aromatic N) is 4. The first kappa shape index (κ1) is 26.1. The third-order valence-electron chi connectivity index (χ3n) is 7.38. The van der Waals surface area contributed by atoms with Crippen molar-refractivity contribution in [3.05, 3.63) is 112 Å². The van der Waals surface area contributed by atoms with E-state index in [1.807, 2.05) is 41.1 Å². The molecule has 1 unspecified atom stereocenters. The van der Waals surface area contributed by atoms with E-state index in [1.54, 1.807) is 28.0 Å². The Morgan fingerprint density at radius 1 is 0.949 bits per heavy atom. The number of nitro benzene ring substituents is 1. The minimum Gasteiger partial charge on any atom is -0.343 e. The summed E-state index contributed by atoms with van der Waals surface area (Å²) in [4.78, 5) is 39.9. The maximum absolute atomic E-state index is 14.4. The van der Waals surface area contributed by atoms with E-state index in [0.29, 0.717) is 43.7 Å². The predicted octanol–water partition coefficient (Wildman–Crippen LogP) is 4.95. The van der Waals surface area contributed by atoms with Gasteiger partial charge in [-0.05, 0) is 34.9 Å². The van der Waals surface area contributed by atoms with E-state index in [-0.39, 0.29) is 23.9 Å². The molecule has 1 aliphatic rings. The van der Waals surface area contributed by atoms with Crippen LogP contribution >= 0.6 is 0 Å². The molecule has 0 spiro atoms. The highest BCUT2D eigenvalue weighted by molar-refractivity contribution is 5.88. The number of piperazine rings is 1. The average molecular weight is 529 g/mol. The summed E-state index contributed by atoms with van der Waals surface area (Å²) in [5, 5.41) is 12.3. The van der Waals surface area contributed by atoms with Gasteiger partial charge in [0.25, 0.3) is 5.69 Å². The number of benzene rings is 3. The van der Waals surface area contributed by atoms with Crippen LogP contribution in [0.15, 0.2) is 79.0 Å². The van der Waals surface area contributed by atoms with Crippen molar-refractivity contribution < 1.29 is 18.9 Å². The number of carbonyl (C=O) groups is 2. The lowest BCUT2D eigenvalue weighted by atomic mass is 9.87. The van der Waals surface area contributed by atoms with Gasteiger partial charge in [-0.15, -0.1) is 0 Å². The van der Waals surface area contributed by atoms with Crippen molar-refractivity contribution >= 4 is 28.4 Å². The summed E-state index contributed by atoms with van der Waals surface area (Å²) in [6.45, 7) is 3.83. The van der Waals surface area contributed by atoms with Crippen LogP contribution in [0.4, 0.5) is 10.1 Å². The van der Waals surface area contributed by atoms with Gasteiger partial charge in [-0.25, -0.2) is 4.39 Å². The lowest BCUT2D eigenvalue weighted by Gasteiger charge is -2.35. The first-order valence-electron chi connectivity index (χ1n) is 12.9. The number of rotatable bonds is 7. The molecule has 0 aliphatic carbocycles. The molecule has 0 bridgehead atoms. The summed E-state index contributed by atoms with van der Waals surface area (Å²) >= 11 is 0. The molecule has 9 heteroatoms. The quantitative estimate of drug-likeness (QED) is 0.251. The summed E-state index contributed by atoms with van der Waals surface area (Å²) in [5.74, 6) is -1.08. The lowest BCUT2D eigenvalue weighted by molar-refractivity contribution is -0.384. The van der Waals surface area contributed by atoms with Gasteiger partial charge in [-0.1, -0.05) is 42.5 Å². The Kier molecular flexibility index (Phi) is 7.40. The van der Waals surface area contributed by atoms with Gasteiger partial charge < -0.3 is 14.4 Å². The molecule has 3 aromatic carbocycles. The number of amides is 2. The molecule has 200 valence electrons. The number of non-ortho nitro benzene ring substituents is 1. The molecule has 2 heterocycles. The zero-order valence-electron chi connectivity index (χ0n) is 21.6. The monoisotopic (exact) mass is 528 g/mol. The minimum atomic E-state index is -0.527. The van der Waals surface area contributed by atoms with Gasteiger partial charge >= 0.3 is 0 Å². The summed E-state index contributed by atoms with van der Waals surface area (Å²) in [7, 11) is 0. The van der Waals surface area contributed by atoms with Crippen LogP contribution in [0.25, 0.3) is 10.9 Å². The average Bonchev–Trinajstić information content (AvgIpc) is 3.29. The second kappa shape index (κ2) is 11.1. The van der Waals surface area contributed by atoms with E-state index in [4.69, 9.17) is 0 Å². The van der Waals surface area contributed by atoms with E-state index in [0.717, 1.165) is 16.6 Å². The third kappa shape index (κ3) is 5.67. The van der Waals surface area contributed by atoms with Crippen LogP contribution in [0.2, 0.25) is 0 Å². The second-order valence-corrected chi connectivity index (χ2v) is 9.86. The highest BCUT2D eigenvalue weighted by atomic mass is 19.1. The molecule has 1 saturated heterocycles. The first-order valence-corrected chi connectivity index (χ1v) is 12.9. The van der Waals surface area contributed by atoms with Crippen molar-refractivity contribution in [3.8, 4) is 0 Å². The van der Waals surface area contributed by atoms with Crippen molar-refractivity contribution in [2.45, 2.75) is 25.8 Å². The Bertz CT molecular complexity index is 1530. The van der Waals surface area contributed by atoms with Gasteiger partial charge in [0, 0.05) is 81.2 Å². The molecular formula is C30H29FN4O4. The second-order valence-electron chi connectivity index (χ2n) is 9.86. The minimum absolute atomic E-state index is 0.0208. The number of halogens is 1. The molecule has 4 aromatic rings. The fourth-order valence-corrected chi connectivity index (χ4v) is 5.32. The van der Waals surface area contributed by atoms with Gasteiger partial charge in [-0.3, -0.25) is 19.7 Å². The van der Waals surface area contributed by atoms with Crippen molar-refractivity contribution in [2.24, 2.45) is 0 Å². The molecule has 0 radical (unpaired) electrons. The molecular weight excluding hydrogens is 499 g/mol. The maximum atomic E-state index is 14.4. The number of aromatic nitrogens is 1. The normalized spacial score (nSPS) is 14.4. The smallest absolute Gasteiger partial charge is 0.270 e. The SMILES string of the molecule is CC(=O)N1CCN(C(=O)CC(c2cccc(F)c2)c2cn(Cc3ccccc3)c3ccc([N+](=O)[O-])cc23)CC1. The fourth-order valence-electron chi connectivity index (χ4n) is 5.32. The number of hydrogen-bond donors (Lipinski definition) is 0. The Hall–Kier alpha value is -4.53. The summed E-state index contributed by atoms with van der Waals surface area (Å²) < 4.78 is 16.4. The number of carbonyl (C=O) groups excluding carboxylic acids is 2. The topological polar surface area (TPSA) is 88.7 Å². The number of nitro groups is 1. The van der Waals surface area contributed by atoms with E-state index in [1.165, 1.54) is 31.2 Å². The molecule has 1 aliphatic heterocycles. The zero-order chi connectivity index (χ0) is 27.5. The summed E-state index contributed by atoms with van der Waals surface area (Å²) in [6, 6.07) is 20.8. The lowest BCUT2D eigenvalue weighted by Crippen LogP contribution is -2.50. The summed E-state index contributed by atoms with van der Waals surface area (Å²) in [6.07, 6.45) is 1.99. The van der Waals surface area contributed by atoms with Crippen LogP contribution < -0.4 is 0 Å². The highest BCUT2D eigenvalue weighted by Gasteiger charge is 2.28. The largest absolute Gasteiger partial charge is 0.343 e. The van der Waals surface area contributed by atoms with E-state index < -0.39 is 16.7 Å². The molecule has 1 aromatic heterocycles.